The molecule has 0 aromatic heterocycles. The van der Waals surface area contributed by atoms with E-state index < -0.39 is 0 Å². The van der Waals surface area contributed by atoms with E-state index in [-0.39, 0.29) is 17.9 Å². The van der Waals surface area contributed by atoms with Crippen LogP contribution in [0.1, 0.15) is 55.8 Å². The van der Waals surface area contributed by atoms with Crippen molar-refractivity contribution in [2.75, 3.05) is 17.7 Å². The van der Waals surface area contributed by atoms with Gasteiger partial charge in [0.25, 0.3) is 11.8 Å². The number of hydrogen-bond acceptors (Lipinski definition) is 4. The number of ether oxygens (including phenoxy) is 1. The molecule has 0 bridgehead atoms. The highest BCUT2D eigenvalue weighted by Crippen LogP contribution is 2.28. The maximum Gasteiger partial charge on any atom is 0.265 e. The molecule has 0 radical (unpaired) electrons. The van der Waals surface area contributed by atoms with E-state index >= 15 is 0 Å². The lowest BCUT2D eigenvalue weighted by Crippen LogP contribution is -2.35. The Morgan fingerprint density at radius 2 is 1.89 bits per heavy atom. The topological polar surface area (TPSA) is 67.4 Å². The van der Waals surface area contributed by atoms with Gasteiger partial charge in [0.2, 0.25) is 0 Å². The number of hydrogen-bond donors (Lipinski definition) is 2. The van der Waals surface area contributed by atoms with Gasteiger partial charge in [-0.2, -0.15) is 0 Å². The minimum absolute atomic E-state index is 0.174. The SMILES string of the molecule is CC1=C(C(=O)Nc2cc(Cl)ccc2C(=O)NC2CCCCCC2)SCCO1. The van der Waals surface area contributed by atoms with Crippen LogP contribution in [0.25, 0.3) is 0 Å². The summed E-state index contributed by atoms with van der Waals surface area (Å²) in [5, 5.41) is 6.43. The summed E-state index contributed by atoms with van der Waals surface area (Å²) in [5.74, 6) is 0.885. The van der Waals surface area contributed by atoms with E-state index in [4.69, 9.17) is 16.3 Å². The molecule has 27 heavy (non-hydrogen) atoms. The van der Waals surface area contributed by atoms with E-state index in [9.17, 15) is 9.59 Å². The highest BCUT2D eigenvalue weighted by molar-refractivity contribution is 8.04. The Morgan fingerprint density at radius 3 is 2.59 bits per heavy atom. The van der Waals surface area contributed by atoms with Gasteiger partial charge < -0.3 is 15.4 Å². The van der Waals surface area contributed by atoms with Crippen molar-refractivity contribution in [3.63, 3.8) is 0 Å². The molecule has 0 spiro atoms. The lowest BCUT2D eigenvalue weighted by molar-refractivity contribution is -0.112. The molecule has 3 rings (SSSR count). The van der Waals surface area contributed by atoms with Crippen LogP contribution in [0, 0.1) is 0 Å². The Hall–Kier alpha value is -1.66. The van der Waals surface area contributed by atoms with Crippen LogP contribution in [-0.4, -0.2) is 30.2 Å². The van der Waals surface area contributed by atoms with Gasteiger partial charge in [-0.15, -0.1) is 11.8 Å². The maximum atomic E-state index is 12.8. The molecule has 0 atom stereocenters. The zero-order chi connectivity index (χ0) is 19.2. The fourth-order valence-electron chi connectivity index (χ4n) is 3.41. The summed E-state index contributed by atoms with van der Waals surface area (Å²) in [7, 11) is 0. The molecular weight excluding hydrogens is 384 g/mol. The van der Waals surface area contributed by atoms with Gasteiger partial charge in [0, 0.05) is 16.8 Å². The number of carbonyl (C=O) groups is 2. The molecule has 146 valence electrons. The second kappa shape index (κ2) is 9.51. The van der Waals surface area contributed by atoms with Crippen LogP contribution in [0.15, 0.2) is 28.9 Å². The van der Waals surface area contributed by atoms with Crippen LogP contribution < -0.4 is 10.6 Å². The summed E-state index contributed by atoms with van der Waals surface area (Å²) in [5.41, 5.74) is 0.849. The Labute approximate surface area is 169 Å². The fraction of sp³-hybridized carbons (Fsp3) is 0.500. The molecule has 1 aliphatic heterocycles. The summed E-state index contributed by atoms with van der Waals surface area (Å²) in [6.07, 6.45) is 6.73. The van der Waals surface area contributed by atoms with E-state index in [0.717, 1.165) is 31.4 Å². The molecule has 1 saturated carbocycles. The first-order valence-corrected chi connectivity index (χ1v) is 10.8. The summed E-state index contributed by atoms with van der Waals surface area (Å²) in [6.45, 7) is 2.37. The van der Waals surface area contributed by atoms with Crippen molar-refractivity contribution in [1.29, 1.82) is 0 Å². The number of amides is 2. The van der Waals surface area contributed by atoms with Crippen molar-refractivity contribution in [1.82, 2.24) is 5.32 Å². The van der Waals surface area contributed by atoms with Gasteiger partial charge >= 0.3 is 0 Å². The van der Waals surface area contributed by atoms with E-state index in [1.807, 2.05) is 0 Å². The van der Waals surface area contributed by atoms with Gasteiger partial charge in [-0.05, 0) is 38.0 Å². The Bertz CT molecular complexity index is 743. The third kappa shape index (κ3) is 5.42. The molecule has 0 saturated heterocycles. The quantitative estimate of drug-likeness (QED) is 0.707. The summed E-state index contributed by atoms with van der Waals surface area (Å²) >= 11 is 7.56. The third-order valence-electron chi connectivity index (χ3n) is 4.84. The molecule has 1 aromatic rings. The summed E-state index contributed by atoms with van der Waals surface area (Å²) < 4.78 is 5.46. The van der Waals surface area contributed by atoms with Crippen LogP contribution in [-0.2, 0) is 9.53 Å². The molecule has 1 aromatic carbocycles. The minimum Gasteiger partial charge on any atom is -0.496 e. The molecule has 2 N–H and O–H groups in total. The predicted octanol–water partition coefficient (Wildman–Crippen LogP) is 4.73. The first-order chi connectivity index (χ1) is 13.0. The number of benzene rings is 1. The second-order valence-electron chi connectivity index (χ2n) is 6.89. The van der Waals surface area contributed by atoms with Gasteiger partial charge in [-0.25, -0.2) is 0 Å². The van der Waals surface area contributed by atoms with Crippen LogP contribution >= 0.6 is 23.4 Å². The van der Waals surface area contributed by atoms with Crippen molar-refractivity contribution in [2.45, 2.75) is 51.5 Å². The van der Waals surface area contributed by atoms with Crippen molar-refractivity contribution >= 4 is 40.9 Å². The number of thioether (sulfide) groups is 1. The highest BCUT2D eigenvalue weighted by Gasteiger charge is 2.22. The number of anilines is 1. The normalized spacial score (nSPS) is 18.4. The molecule has 2 aliphatic rings. The van der Waals surface area contributed by atoms with Crippen LogP contribution in [0.2, 0.25) is 5.02 Å². The third-order valence-corrected chi connectivity index (χ3v) is 6.21. The lowest BCUT2D eigenvalue weighted by Gasteiger charge is -2.20. The number of nitrogens with one attached hydrogen (secondary N) is 2. The monoisotopic (exact) mass is 408 g/mol. The van der Waals surface area contributed by atoms with Crippen LogP contribution in [0.4, 0.5) is 5.69 Å². The molecule has 7 heteroatoms. The number of carbonyl (C=O) groups excluding carboxylic acids is 2. The summed E-state index contributed by atoms with van der Waals surface area (Å²) in [4.78, 5) is 26.0. The molecular formula is C20H25ClN2O3S. The zero-order valence-electron chi connectivity index (χ0n) is 15.5. The number of allylic oxidation sites excluding steroid dienone is 1. The molecule has 5 nitrogen and oxygen atoms in total. The van der Waals surface area contributed by atoms with E-state index in [2.05, 4.69) is 10.6 Å². The van der Waals surface area contributed by atoms with E-state index in [1.165, 1.54) is 24.6 Å². The van der Waals surface area contributed by atoms with Crippen molar-refractivity contribution < 1.29 is 14.3 Å². The van der Waals surface area contributed by atoms with E-state index in [0.29, 0.717) is 33.5 Å². The molecule has 1 fully saturated rings. The van der Waals surface area contributed by atoms with Crippen molar-refractivity contribution in [3.05, 3.63) is 39.4 Å². The fourth-order valence-corrected chi connectivity index (χ4v) is 4.40. The van der Waals surface area contributed by atoms with Gasteiger partial charge in [-0.3, -0.25) is 9.59 Å². The highest BCUT2D eigenvalue weighted by atomic mass is 35.5. The van der Waals surface area contributed by atoms with Crippen LogP contribution in [0.5, 0.6) is 0 Å². The maximum absolute atomic E-state index is 12.8. The largest absolute Gasteiger partial charge is 0.496 e. The predicted molar refractivity (Wildman–Crippen MR) is 110 cm³/mol. The average molecular weight is 409 g/mol. The zero-order valence-corrected chi connectivity index (χ0v) is 17.0. The van der Waals surface area contributed by atoms with E-state index in [1.54, 1.807) is 25.1 Å². The van der Waals surface area contributed by atoms with Crippen LogP contribution in [0.3, 0.4) is 0 Å². The molecule has 2 amide bonds. The van der Waals surface area contributed by atoms with Gasteiger partial charge in [-0.1, -0.05) is 37.3 Å². The lowest BCUT2D eigenvalue weighted by atomic mass is 10.1. The standard InChI is InChI=1S/C20H25ClN2O3S/c1-13-18(27-11-10-26-13)20(25)23-17-12-14(21)8-9-16(17)19(24)22-15-6-4-2-3-5-7-15/h8-9,12,15H,2-7,10-11H2,1H3,(H,22,24)(H,23,25). The van der Waals surface area contributed by atoms with Gasteiger partial charge in [0.1, 0.15) is 10.7 Å². The van der Waals surface area contributed by atoms with Gasteiger partial charge in [0.05, 0.1) is 17.9 Å². The van der Waals surface area contributed by atoms with Crippen molar-refractivity contribution in [2.24, 2.45) is 0 Å². The average Bonchev–Trinajstić information content (AvgIpc) is 2.90. The molecule has 1 heterocycles. The summed E-state index contributed by atoms with van der Waals surface area (Å²) in [6, 6.07) is 5.13. The number of halogens is 1. The first-order valence-electron chi connectivity index (χ1n) is 9.43. The van der Waals surface area contributed by atoms with Crippen molar-refractivity contribution in [3.8, 4) is 0 Å². The van der Waals surface area contributed by atoms with Gasteiger partial charge in [0.15, 0.2) is 0 Å². The Morgan fingerprint density at radius 1 is 1.15 bits per heavy atom. The Balaban J connectivity index is 1.76. The smallest absolute Gasteiger partial charge is 0.265 e. The molecule has 1 aliphatic carbocycles. The Kier molecular flexibility index (Phi) is 7.07. The molecule has 0 unspecified atom stereocenters. The second-order valence-corrected chi connectivity index (χ2v) is 8.43. The number of rotatable bonds is 4. The first kappa shape index (κ1) is 20.1. The minimum atomic E-state index is -0.275.